The highest BCUT2D eigenvalue weighted by molar-refractivity contribution is 7.99. The van der Waals surface area contributed by atoms with Gasteiger partial charge in [0, 0.05) is 10.5 Å². The minimum atomic E-state index is 0.119. The summed E-state index contributed by atoms with van der Waals surface area (Å²) in [6, 6.07) is 19.8. The maximum Gasteiger partial charge on any atom is 0.143 e. The fraction of sp³-hybridized carbons (Fsp3) is 0.136. The Hall–Kier alpha value is -3.48. The van der Waals surface area contributed by atoms with E-state index >= 15 is 0 Å². The maximum atomic E-state index is 9.90. The zero-order chi connectivity index (χ0) is 19.5. The molecule has 4 rings (SSSR count). The number of nitrogens with zero attached hydrogens (tertiary/aromatic N) is 3. The highest BCUT2D eigenvalue weighted by atomic mass is 32.2. The van der Waals surface area contributed by atoms with Gasteiger partial charge in [0.05, 0.1) is 12.2 Å². The average Bonchev–Trinajstić information content (AvgIpc) is 2.73. The van der Waals surface area contributed by atoms with Crippen LogP contribution in [0.1, 0.15) is 23.1 Å². The predicted molar refractivity (Wildman–Crippen MR) is 108 cm³/mol. The van der Waals surface area contributed by atoms with Gasteiger partial charge in [-0.25, -0.2) is 4.98 Å². The number of pyridine rings is 1. The molecular formula is C22H16N4OS. The van der Waals surface area contributed by atoms with Crippen LogP contribution in [-0.4, -0.2) is 11.6 Å². The van der Waals surface area contributed by atoms with Gasteiger partial charge >= 0.3 is 0 Å². The number of nitrogen functional groups attached to an aromatic ring is 1. The molecule has 0 bridgehead atoms. The van der Waals surface area contributed by atoms with Crippen LogP contribution in [0.3, 0.4) is 0 Å². The summed E-state index contributed by atoms with van der Waals surface area (Å²) in [6.07, 6.45) is 1.94. The topological polar surface area (TPSA) is 95.7 Å². The monoisotopic (exact) mass is 384 g/mol. The zero-order valence-electron chi connectivity index (χ0n) is 15.0. The van der Waals surface area contributed by atoms with E-state index in [1.165, 1.54) is 11.8 Å². The minimum absolute atomic E-state index is 0.119. The Morgan fingerprint density at radius 1 is 1.04 bits per heavy atom. The van der Waals surface area contributed by atoms with E-state index in [1.807, 2.05) is 48.5 Å². The van der Waals surface area contributed by atoms with Gasteiger partial charge in [0.2, 0.25) is 0 Å². The van der Waals surface area contributed by atoms with Gasteiger partial charge in [-0.1, -0.05) is 42.1 Å². The fourth-order valence-electron chi connectivity index (χ4n) is 3.26. The molecule has 0 saturated heterocycles. The van der Waals surface area contributed by atoms with Crippen LogP contribution in [-0.2, 0) is 6.42 Å². The SMILES string of the molecule is N#Cc1c(N)nc(Sc2ccccc2)c(C#N)c1-c1ccc2c(c1)OCCC2. The number of fused-ring (bicyclic) bond motifs is 1. The van der Waals surface area contributed by atoms with Crippen LogP contribution in [0.4, 0.5) is 5.82 Å². The standard InChI is InChI=1S/C22H16N4OS/c23-12-17-20(15-9-8-14-5-4-10-27-19(14)11-15)18(13-24)22(26-21(17)25)28-16-6-2-1-3-7-16/h1-3,6-9,11H,4-5,10H2,(H2,25,26). The van der Waals surface area contributed by atoms with E-state index in [2.05, 4.69) is 17.1 Å². The molecule has 0 saturated carbocycles. The Bertz CT molecular complexity index is 1130. The van der Waals surface area contributed by atoms with Gasteiger partial charge in [-0.3, -0.25) is 0 Å². The van der Waals surface area contributed by atoms with Crippen LogP contribution in [0, 0.1) is 22.7 Å². The molecule has 1 aliphatic heterocycles. The lowest BCUT2D eigenvalue weighted by Crippen LogP contribution is -2.08. The summed E-state index contributed by atoms with van der Waals surface area (Å²) in [5.74, 6) is 0.915. The molecule has 6 heteroatoms. The molecule has 0 aliphatic carbocycles. The van der Waals surface area contributed by atoms with Crippen LogP contribution >= 0.6 is 11.8 Å². The highest BCUT2D eigenvalue weighted by Crippen LogP contribution is 2.40. The van der Waals surface area contributed by atoms with Crippen molar-refractivity contribution in [2.75, 3.05) is 12.3 Å². The lowest BCUT2D eigenvalue weighted by molar-refractivity contribution is 0.288. The molecule has 0 amide bonds. The molecule has 28 heavy (non-hydrogen) atoms. The van der Waals surface area contributed by atoms with Crippen molar-refractivity contribution >= 4 is 17.6 Å². The van der Waals surface area contributed by atoms with Crippen LogP contribution in [0.15, 0.2) is 58.5 Å². The molecule has 1 aromatic heterocycles. The summed E-state index contributed by atoms with van der Waals surface area (Å²) < 4.78 is 5.77. The molecule has 136 valence electrons. The first-order chi connectivity index (χ1) is 13.7. The molecule has 2 aromatic carbocycles. The Kier molecular flexibility index (Phi) is 4.89. The number of nitriles is 2. The first kappa shape index (κ1) is 17.9. The molecule has 0 atom stereocenters. The van der Waals surface area contributed by atoms with Crippen LogP contribution in [0.25, 0.3) is 11.1 Å². The lowest BCUT2D eigenvalue weighted by Gasteiger charge is -2.19. The van der Waals surface area contributed by atoms with Crippen molar-refractivity contribution < 1.29 is 4.74 Å². The van der Waals surface area contributed by atoms with Gasteiger partial charge < -0.3 is 10.5 Å². The quantitative estimate of drug-likeness (QED) is 0.712. The predicted octanol–water partition coefficient (Wildman–Crippen LogP) is 4.55. The number of aromatic nitrogens is 1. The molecular weight excluding hydrogens is 368 g/mol. The molecule has 0 fully saturated rings. The Morgan fingerprint density at radius 3 is 2.57 bits per heavy atom. The number of hydrogen-bond acceptors (Lipinski definition) is 6. The van der Waals surface area contributed by atoms with Gasteiger partial charge in [-0.15, -0.1) is 0 Å². The van der Waals surface area contributed by atoms with Crippen molar-refractivity contribution in [3.05, 3.63) is 65.2 Å². The second kappa shape index (κ2) is 7.64. The average molecular weight is 384 g/mol. The smallest absolute Gasteiger partial charge is 0.143 e. The highest BCUT2D eigenvalue weighted by Gasteiger charge is 2.22. The molecule has 5 nitrogen and oxygen atoms in total. The number of ether oxygens (including phenoxy) is 1. The van der Waals surface area contributed by atoms with E-state index < -0.39 is 0 Å². The largest absolute Gasteiger partial charge is 0.493 e. The van der Waals surface area contributed by atoms with Crippen molar-refractivity contribution in [2.45, 2.75) is 22.8 Å². The first-order valence-electron chi connectivity index (χ1n) is 8.84. The Labute approximate surface area is 167 Å². The lowest BCUT2D eigenvalue weighted by atomic mass is 9.94. The second-order valence-electron chi connectivity index (χ2n) is 6.34. The van der Waals surface area contributed by atoms with Crippen LogP contribution < -0.4 is 10.5 Å². The van der Waals surface area contributed by atoms with E-state index in [0.29, 0.717) is 22.8 Å². The van der Waals surface area contributed by atoms with Gasteiger partial charge in [0.15, 0.2) is 0 Å². The van der Waals surface area contributed by atoms with Crippen molar-refractivity contribution in [3.8, 4) is 29.0 Å². The summed E-state index contributed by atoms with van der Waals surface area (Å²) >= 11 is 1.36. The van der Waals surface area contributed by atoms with E-state index in [0.717, 1.165) is 34.6 Å². The molecule has 0 spiro atoms. The van der Waals surface area contributed by atoms with Crippen molar-refractivity contribution in [3.63, 3.8) is 0 Å². The summed E-state index contributed by atoms with van der Waals surface area (Å²) in [7, 11) is 0. The third kappa shape index (κ3) is 3.26. The molecule has 3 aromatic rings. The minimum Gasteiger partial charge on any atom is -0.493 e. The second-order valence-corrected chi connectivity index (χ2v) is 7.40. The Balaban J connectivity index is 1.90. The molecule has 0 radical (unpaired) electrons. The van der Waals surface area contributed by atoms with E-state index in [-0.39, 0.29) is 11.4 Å². The maximum absolute atomic E-state index is 9.90. The first-order valence-corrected chi connectivity index (χ1v) is 9.65. The van der Waals surface area contributed by atoms with Crippen molar-refractivity contribution in [1.82, 2.24) is 4.98 Å². The third-order valence-corrected chi connectivity index (χ3v) is 5.57. The van der Waals surface area contributed by atoms with E-state index in [4.69, 9.17) is 10.5 Å². The summed E-state index contributed by atoms with van der Waals surface area (Å²) in [4.78, 5) is 5.29. The van der Waals surface area contributed by atoms with Gasteiger partial charge in [-0.2, -0.15) is 10.5 Å². The van der Waals surface area contributed by atoms with Crippen LogP contribution in [0.2, 0.25) is 0 Å². The van der Waals surface area contributed by atoms with Gasteiger partial charge in [0.25, 0.3) is 0 Å². The molecule has 2 N–H and O–H groups in total. The number of anilines is 1. The molecule has 2 heterocycles. The number of rotatable bonds is 3. The number of hydrogen-bond donors (Lipinski definition) is 1. The number of benzene rings is 2. The number of nitrogens with two attached hydrogens (primary N) is 1. The summed E-state index contributed by atoms with van der Waals surface area (Å²) in [5.41, 5.74) is 9.03. The summed E-state index contributed by atoms with van der Waals surface area (Å²) in [5, 5.41) is 20.1. The van der Waals surface area contributed by atoms with E-state index in [1.54, 1.807) is 0 Å². The van der Waals surface area contributed by atoms with E-state index in [9.17, 15) is 10.5 Å². The van der Waals surface area contributed by atoms with Crippen LogP contribution in [0.5, 0.6) is 5.75 Å². The molecule has 1 aliphatic rings. The normalized spacial score (nSPS) is 12.4. The third-order valence-electron chi connectivity index (χ3n) is 4.58. The zero-order valence-corrected chi connectivity index (χ0v) is 15.8. The Morgan fingerprint density at radius 2 is 1.82 bits per heavy atom. The van der Waals surface area contributed by atoms with Crippen molar-refractivity contribution in [1.29, 1.82) is 10.5 Å². The van der Waals surface area contributed by atoms with Crippen molar-refractivity contribution in [2.24, 2.45) is 0 Å². The fourth-order valence-corrected chi connectivity index (χ4v) is 4.17. The summed E-state index contributed by atoms with van der Waals surface area (Å²) in [6.45, 7) is 0.667. The van der Waals surface area contributed by atoms with Gasteiger partial charge in [0.1, 0.15) is 34.3 Å². The van der Waals surface area contributed by atoms with Gasteiger partial charge in [-0.05, 0) is 42.2 Å². The number of aryl methyl sites for hydroxylation is 1. The molecule has 0 unspecified atom stereocenters.